The first-order chi connectivity index (χ1) is 9.08. The minimum absolute atomic E-state index is 0.536. The van der Waals surface area contributed by atoms with E-state index < -0.39 is 0 Å². The molecule has 0 heterocycles. The molecule has 0 fully saturated rings. The van der Waals surface area contributed by atoms with Gasteiger partial charge in [-0.2, -0.15) is 0 Å². The molecular weight excluding hydrogens is 297 g/mol. The van der Waals surface area contributed by atoms with Crippen LogP contribution in [0.3, 0.4) is 0 Å². The second-order valence-corrected chi connectivity index (χ2v) is 5.98. The molecule has 0 aliphatic rings. The van der Waals surface area contributed by atoms with Gasteiger partial charge in [-0.3, -0.25) is 5.41 Å². The minimum Gasteiger partial charge on any atom is -0.293 e. The molecule has 4 heteroatoms. The highest BCUT2D eigenvalue weighted by molar-refractivity contribution is 8.13. The lowest BCUT2D eigenvalue weighted by atomic mass is 10.2. The summed E-state index contributed by atoms with van der Waals surface area (Å²) in [6, 6.07) is 13.4. The standard InChI is InChI=1S/C15H13Cl2NS/c1-10-7-14(17)12(8-13(10)16)9-19-15(18)11-5-3-2-4-6-11/h2-8,18H,9H2,1H3. The lowest BCUT2D eigenvalue weighted by Crippen LogP contribution is -1.94. The summed E-state index contributed by atoms with van der Waals surface area (Å²) in [6.07, 6.45) is 0. The summed E-state index contributed by atoms with van der Waals surface area (Å²) >= 11 is 13.7. The van der Waals surface area contributed by atoms with Gasteiger partial charge in [-0.05, 0) is 30.2 Å². The predicted octanol–water partition coefficient (Wildman–Crippen LogP) is 5.56. The van der Waals surface area contributed by atoms with Crippen LogP contribution in [0.15, 0.2) is 42.5 Å². The van der Waals surface area contributed by atoms with Crippen LogP contribution in [0.2, 0.25) is 10.0 Å². The van der Waals surface area contributed by atoms with E-state index in [1.54, 1.807) is 0 Å². The van der Waals surface area contributed by atoms with Crippen LogP contribution in [0, 0.1) is 12.3 Å². The monoisotopic (exact) mass is 309 g/mol. The largest absolute Gasteiger partial charge is 0.293 e. The van der Waals surface area contributed by atoms with Gasteiger partial charge >= 0.3 is 0 Å². The molecule has 0 aliphatic carbocycles. The molecule has 0 saturated carbocycles. The van der Waals surface area contributed by atoms with Crippen molar-refractivity contribution in [2.75, 3.05) is 0 Å². The fraction of sp³-hybridized carbons (Fsp3) is 0.133. The average molecular weight is 310 g/mol. The molecule has 98 valence electrons. The second kappa shape index (κ2) is 6.47. The van der Waals surface area contributed by atoms with E-state index in [-0.39, 0.29) is 0 Å². The molecule has 19 heavy (non-hydrogen) atoms. The molecule has 2 aromatic rings. The molecule has 1 nitrogen and oxygen atoms in total. The molecule has 0 aromatic heterocycles. The van der Waals surface area contributed by atoms with Crippen LogP contribution in [0.4, 0.5) is 0 Å². The van der Waals surface area contributed by atoms with Crippen molar-refractivity contribution in [1.82, 2.24) is 0 Å². The van der Waals surface area contributed by atoms with Crippen molar-refractivity contribution in [1.29, 1.82) is 5.41 Å². The van der Waals surface area contributed by atoms with Gasteiger partial charge in [-0.25, -0.2) is 0 Å². The van der Waals surface area contributed by atoms with E-state index in [0.29, 0.717) is 20.8 Å². The summed E-state index contributed by atoms with van der Waals surface area (Å²) in [5.74, 6) is 0.645. The van der Waals surface area contributed by atoms with Crippen molar-refractivity contribution < 1.29 is 0 Å². The van der Waals surface area contributed by atoms with E-state index in [4.69, 9.17) is 28.6 Å². The molecule has 2 aromatic carbocycles. The number of halogens is 2. The van der Waals surface area contributed by atoms with Crippen LogP contribution in [0.5, 0.6) is 0 Å². The van der Waals surface area contributed by atoms with Crippen molar-refractivity contribution in [3.8, 4) is 0 Å². The molecule has 0 saturated heterocycles. The number of thioether (sulfide) groups is 1. The van der Waals surface area contributed by atoms with Crippen LogP contribution in [0.25, 0.3) is 0 Å². The van der Waals surface area contributed by atoms with Crippen LogP contribution >= 0.6 is 35.0 Å². The Morgan fingerprint density at radius 1 is 1.11 bits per heavy atom. The Balaban J connectivity index is 2.07. The van der Waals surface area contributed by atoms with Crippen molar-refractivity contribution in [2.24, 2.45) is 0 Å². The summed E-state index contributed by atoms with van der Waals surface area (Å²) in [5.41, 5.74) is 2.85. The molecule has 0 bridgehead atoms. The highest BCUT2D eigenvalue weighted by atomic mass is 35.5. The zero-order valence-electron chi connectivity index (χ0n) is 10.4. The first-order valence-corrected chi connectivity index (χ1v) is 7.53. The third-order valence-electron chi connectivity index (χ3n) is 2.74. The molecule has 0 amide bonds. The van der Waals surface area contributed by atoms with E-state index >= 15 is 0 Å². The Hall–Kier alpha value is -0.960. The number of hydrogen-bond acceptors (Lipinski definition) is 2. The van der Waals surface area contributed by atoms with E-state index in [1.807, 2.05) is 49.4 Å². The van der Waals surface area contributed by atoms with Crippen LogP contribution in [-0.2, 0) is 5.75 Å². The third kappa shape index (κ3) is 3.75. The molecule has 0 spiro atoms. The molecule has 0 unspecified atom stereocenters. The molecule has 0 aliphatic heterocycles. The number of hydrogen-bond donors (Lipinski definition) is 1. The Morgan fingerprint density at radius 2 is 1.79 bits per heavy atom. The Bertz CT molecular complexity index is 597. The number of nitrogens with one attached hydrogen (secondary N) is 1. The third-order valence-corrected chi connectivity index (χ3v) is 4.47. The van der Waals surface area contributed by atoms with Crippen molar-refractivity contribution in [2.45, 2.75) is 12.7 Å². The fourth-order valence-electron chi connectivity index (χ4n) is 1.62. The van der Waals surface area contributed by atoms with E-state index in [2.05, 4.69) is 0 Å². The average Bonchev–Trinajstić information content (AvgIpc) is 2.42. The van der Waals surface area contributed by atoms with E-state index in [0.717, 1.165) is 16.7 Å². The zero-order chi connectivity index (χ0) is 13.8. The van der Waals surface area contributed by atoms with Gasteiger partial charge in [-0.15, -0.1) is 11.8 Å². The molecular formula is C15H13Cl2NS. The van der Waals surface area contributed by atoms with Crippen molar-refractivity contribution in [3.05, 3.63) is 69.2 Å². The molecule has 0 radical (unpaired) electrons. The van der Waals surface area contributed by atoms with Gasteiger partial charge in [0.25, 0.3) is 0 Å². The smallest absolute Gasteiger partial charge is 0.0945 e. The first kappa shape index (κ1) is 14.4. The summed E-state index contributed by atoms with van der Waals surface area (Å²) in [6.45, 7) is 1.93. The quantitative estimate of drug-likeness (QED) is 0.582. The number of rotatable bonds is 3. The van der Waals surface area contributed by atoms with Crippen LogP contribution < -0.4 is 0 Å². The SMILES string of the molecule is Cc1cc(Cl)c(CSC(=N)c2ccccc2)cc1Cl. The van der Waals surface area contributed by atoms with Gasteiger partial charge in [0, 0.05) is 21.4 Å². The van der Waals surface area contributed by atoms with Gasteiger partial charge in [0.1, 0.15) is 0 Å². The van der Waals surface area contributed by atoms with Crippen LogP contribution in [0.1, 0.15) is 16.7 Å². The summed E-state index contributed by atoms with van der Waals surface area (Å²) in [5, 5.41) is 9.99. The Morgan fingerprint density at radius 3 is 2.47 bits per heavy atom. The highest BCUT2D eigenvalue weighted by Gasteiger charge is 2.07. The van der Waals surface area contributed by atoms with Gasteiger partial charge < -0.3 is 0 Å². The van der Waals surface area contributed by atoms with Gasteiger partial charge in [0.05, 0.1) is 5.04 Å². The van der Waals surface area contributed by atoms with E-state index in [1.165, 1.54) is 11.8 Å². The normalized spacial score (nSPS) is 10.5. The van der Waals surface area contributed by atoms with Crippen molar-refractivity contribution in [3.63, 3.8) is 0 Å². The molecule has 2 rings (SSSR count). The minimum atomic E-state index is 0.536. The lowest BCUT2D eigenvalue weighted by Gasteiger charge is -2.08. The number of benzene rings is 2. The highest BCUT2D eigenvalue weighted by Crippen LogP contribution is 2.28. The predicted molar refractivity (Wildman–Crippen MR) is 85.8 cm³/mol. The van der Waals surface area contributed by atoms with Crippen LogP contribution in [-0.4, -0.2) is 5.04 Å². The van der Waals surface area contributed by atoms with Gasteiger partial charge in [0.15, 0.2) is 0 Å². The number of aryl methyl sites for hydroxylation is 1. The van der Waals surface area contributed by atoms with Crippen molar-refractivity contribution >= 4 is 40.0 Å². The summed E-state index contributed by atoms with van der Waals surface area (Å²) in [4.78, 5) is 0. The Labute approximate surface area is 127 Å². The summed E-state index contributed by atoms with van der Waals surface area (Å²) in [7, 11) is 0. The Kier molecular flexibility index (Phi) is 4.92. The lowest BCUT2D eigenvalue weighted by molar-refractivity contribution is 1.37. The molecule has 1 N–H and O–H groups in total. The zero-order valence-corrected chi connectivity index (χ0v) is 12.7. The van der Waals surface area contributed by atoms with E-state index in [9.17, 15) is 0 Å². The fourth-order valence-corrected chi connectivity index (χ4v) is 3.01. The van der Waals surface area contributed by atoms with Gasteiger partial charge in [0.2, 0.25) is 0 Å². The maximum atomic E-state index is 8.03. The topological polar surface area (TPSA) is 23.9 Å². The molecule has 0 atom stereocenters. The maximum absolute atomic E-state index is 8.03. The van der Waals surface area contributed by atoms with Gasteiger partial charge in [-0.1, -0.05) is 53.5 Å². The first-order valence-electron chi connectivity index (χ1n) is 5.79. The second-order valence-electron chi connectivity index (χ2n) is 4.18. The summed E-state index contributed by atoms with van der Waals surface area (Å²) < 4.78 is 0. The maximum Gasteiger partial charge on any atom is 0.0945 e.